The molecule has 0 aliphatic carbocycles. The Bertz CT molecular complexity index is 512. The minimum absolute atomic E-state index is 0.842. The third-order valence-electron chi connectivity index (χ3n) is 2.63. The summed E-state index contributed by atoms with van der Waals surface area (Å²) in [6.45, 7) is 2.02. The SMILES string of the molecule is Cc1cc[c]([Sb]([Cl])([Cl])([Cl])[c]2ccccc2)cc1. The number of benzene rings is 2. The van der Waals surface area contributed by atoms with Gasteiger partial charge in [-0.15, -0.1) is 0 Å². The van der Waals surface area contributed by atoms with E-state index in [1.165, 1.54) is 0 Å². The first-order valence-corrected chi connectivity index (χ1v) is 17.4. The van der Waals surface area contributed by atoms with Gasteiger partial charge in [0.1, 0.15) is 0 Å². The van der Waals surface area contributed by atoms with Gasteiger partial charge in [-0.2, -0.15) is 0 Å². The van der Waals surface area contributed by atoms with Gasteiger partial charge in [-0.05, 0) is 0 Å². The molecule has 0 aliphatic heterocycles. The molecule has 4 heteroatoms. The summed E-state index contributed by atoms with van der Waals surface area (Å²) < 4.78 is 1.69. The summed E-state index contributed by atoms with van der Waals surface area (Å²) in [4.78, 5) is 0. The number of hydrogen-bond donors (Lipinski definition) is 0. The van der Waals surface area contributed by atoms with E-state index in [1.54, 1.807) is 0 Å². The van der Waals surface area contributed by atoms with Crippen LogP contribution in [0.1, 0.15) is 5.56 Å². The topological polar surface area (TPSA) is 0 Å². The Balaban J connectivity index is 2.57. The Labute approximate surface area is 114 Å². The summed E-state index contributed by atoms with van der Waals surface area (Å²) in [6, 6.07) is 17.3. The van der Waals surface area contributed by atoms with Crippen molar-refractivity contribution in [2.75, 3.05) is 0 Å². The molecule has 0 fully saturated rings. The molecule has 0 spiro atoms. The molecule has 0 saturated heterocycles. The molecule has 0 aliphatic rings. The van der Waals surface area contributed by atoms with Crippen LogP contribution in [0.5, 0.6) is 0 Å². The molecular formula is C13H12Cl3Sb. The summed E-state index contributed by atoms with van der Waals surface area (Å²) in [5.74, 6) is 0. The van der Waals surface area contributed by atoms with Gasteiger partial charge in [0.15, 0.2) is 0 Å². The van der Waals surface area contributed by atoms with Gasteiger partial charge in [-0.25, -0.2) is 0 Å². The Morgan fingerprint density at radius 2 is 1.18 bits per heavy atom. The van der Waals surface area contributed by atoms with E-state index in [1.807, 2.05) is 61.5 Å². The maximum atomic E-state index is 6.63. The fourth-order valence-electron chi connectivity index (χ4n) is 1.61. The van der Waals surface area contributed by atoms with E-state index in [0.717, 1.165) is 12.6 Å². The number of halogens is 3. The quantitative estimate of drug-likeness (QED) is 0.679. The van der Waals surface area contributed by atoms with Crippen LogP contribution in [-0.2, 0) is 0 Å². The van der Waals surface area contributed by atoms with Crippen molar-refractivity contribution in [2.45, 2.75) is 6.92 Å². The molecule has 0 N–H and O–H groups in total. The molecule has 0 nitrogen and oxygen atoms in total. The molecule has 0 atom stereocenters. The molecule has 0 aromatic heterocycles. The third kappa shape index (κ3) is 2.76. The van der Waals surface area contributed by atoms with Crippen LogP contribution in [-0.4, -0.2) is 14.0 Å². The van der Waals surface area contributed by atoms with Crippen LogP contribution in [0.2, 0.25) is 0 Å². The predicted octanol–water partition coefficient (Wildman–Crippen LogP) is 3.72. The zero-order chi connectivity index (χ0) is 12.5. The standard InChI is InChI=1S/C7H7.C6H5.3ClH.Sb/c1-7-5-3-2-4-6-7;1-2-4-6-5-3-1;;;;/h3-6H,1H3;1-5H;3*1H;/q;;;;;+3/p-3. The van der Waals surface area contributed by atoms with Crippen LogP contribution in [0.3, 0.4) is 0 Å². The predicted molar refractivity (Wildman–Crippen MR) is 80.2 cm³/mol. The fourth-order valence-corrected chi connectivity index (χ4v) is 10.7. The summed E-state index contributed by atoms with van der Waals surface area (Å²) >= 11 is -4.41. The molecule has 0 heterocycles. The van der Waals surface area contributed by atoms with Gasteiger partial charge < -0.3 is 0 Å². The molecule has 0 saturated carbocycles. The molecule has 2 aromatic rings. The van der Waals surface area contributed by atoms with Gasteiger partial charge in [0, 0.05) is 0 Å². The van der Waals surface area contributed by atoms with Crippen molar-refractivity contribution in [1.82, 2.24) is 0 Å². The van der Waals surface area contributed by atoms with Crippen LogP contribution in [0, 0.1) is 6.92 Å². The molecule has 2 rings (SSSR count). The van der Waals surface area contributed by atoms with Crippen molar-refractivity contribution >= 4 is 47.5 Å². The Kier molecular flexibility index (Phi) is 3.72. The van der Waals surface area contributed by atoms with Crippen molar-refractivity contribution < 1.29 is 0 Å². The second kappa shape index (κ2) is 4.67. The average molecular weight is 396 g/mol. The monoisotopic (exact) mass is 394 g/mol. The van der Waals surface area contributed by atoms with E-state index in [2.05, 4.69) is 0 Å². The fraction of sp³-hybridized carbons (Fsp3) is 0.0769. The maximum absolute atomic E-state index is 6.63. The van der Waals surface area contributed by atoms with Crippen LogP contribution < -0.4 is 7.02 Å². The average Bonchev–Trinajstić information content (AvgIpc) is 2.30. The van der Waals surface area contributed by atoms with Crippen LogP contribution in [0.25, 0.3) is 0 Å². The second-order valence-corrected chi connectivity index (χ2v) is 28.6. The molecule has 0 radical (unpaired) electrons. The van der Waals surface area contributed by atoms with Crippen molar-refractivity contribution in [3.63, 3.8) is 0 Å². The summed E-state index contributed by atoms with van der Waals surface area (Å²) in [7, 11) is 19.9. The van der Waals surface area contributed by atoms with Gasteiger partial charge in [-0.1, -0.05) is 0 Å². The summed E-state index contributed by atoms with van der Waals surface area (Å²) in [5.41, 5.74) is 1.16. The molecule has 0 bridgehead atoms. The Hall–Kier alpha value is 0.128. The van der Waals surface area contributed by atoms with E-state index < -0.39 is 14.0 Å². The van der Waals surface area contributed by atoms with E-state index in [-0.39, 0.29) is 0 Å². The Morgan fingerprint density at radius 1 is 0.706 bits per heavy atom. The van der Waals surface area contributed by atoms with E-state index in [0.29, 0.717) is 0 Å². The van der Waals surface area contributed by atoms with Crippen molar-refractivity contribution in [1.29, 1.82) is 0 Å². The van der Waals surface area contributed by atoms with Gasteiger partial charge in [0.2, 0.25) is 0 Å². The zero-order valence-corrected chi connectivity index (χ0v) is 14.1. The molecule has 90 valence electrons. The molecule has 0 amide bonds. The second-order valence-electron chi connectivity index (χ2n) is 3.98. The van der Waals surface area contributed by atoms with E-state index in [9.17, 15) is 0 Å². The molecule has 0 unspecified atom stereocenters. The first-order chi connectivity index (χ1) is 7.88. The molecule has 17 heavy (non-hydrogen) atoms. The number of aryl methyl sites for hydroxylation is 1. The zero-order valence-electron chi connectivity index (χ0n) is 9.28. The van der Waals surface area contributed by atoms with Gasteiger partial charge >= 0.3 is 115 Å². The van der Waals surface area contributed by atoms with Crippen LogP contribution in [0.4, 0.5) is 0 Å². The Morgan fingerprint density at radius 3 is 1.71 bits per heavy atom. The van der Waals surface area contributed by atoms with Gasteiger partial charge in [-0.3, -0.25) is 0 Å². The summed E-state index contributed by atoms with van der Waals surface area (Å²) in [5, 5.41) is 0. The first kappa shape index (κ1) is 13.6. The number of rotatable bonds is 2. The summed E-state index contributed by atoms with van der Waals surface area (Å²) in [6.07, 6.45) is 0. The third-order valence-corrected chi connectivity index (χ3v) is 17.0. The van der Waals surface area contributed by atoms with Crippen molar-refractivity contribution in [3.05, 3.63) is 60.2 Å². The minimum atomic E-state index is -4.41. The van der Waals surface area contributed by atoms with Gasteiger partial charge in [0.05, 0.1) is 0 Å². The van der Waals surface area contributed by atoms with Gasteiger partial charge in [0.25, 0.3) is 0 Å². The van der Waals surface area contributed by atoms with E-state index >= 15 is 0 Å². The van der Waals surface area contributed by atoms with Crippen molar-refractivity contribution in [3.8, 4) is 0 Å². The van der Waals surface area contributed by atoms with Crippen molar-refractivity contribution in [2.24, 2.45) is 0 Å². The molecular weight excluding hydrogens is 384 g/mol. The normalized spacial score (nSPS) is 14.0. The molecule has 2 aromatic carbocycles. The van der Waals surface area contributed by atoms with E-state index in [4.69, 9.17) is 26.5 Å². The van der Waals surface area contributed by atoms with Crippen LogP contribution in [0.15, 0.2) is 54.6 Å². The first-order valence-electron chi connectivity index (χ1n) is 5.19. The number of hydrogen-bond acceptors (Lipinski definition) is 0. The van der Waals surface area contributed by atoms with Crippen LogP contribution >= 0.6 is 26.5 Å².